The molecule has 1 fully saturated rings. The summed E-state index contributed by atoms with van der Waals surface area (Å²) in [4.78, 5) is 0. The standard InChI is InChI=1S/C9H15FO2/c1-7-4-5-8(12-3)9(7,10)6-11-2/h8H,1,4-6H2,2-3H3/t8-,9+/m0/s1. The molecule has 1 aliphatic rings. The summed E-state index contributed by atoms with van der Waals surface area (Å²) in [6, 6.07) is 0. The quantitative estimate of drug-likeness (QED) is 0.606. The van der Waals surface area contributed by atoms with Crippen LogP contribution < -0.4 is 0 Å². The SMILES string of the molecule is C=C1CC[C@H](OC)[C@@]1(F)COC. The Labute approximate surface area is 72.4 Å². The van der Waals surface area contributed by atoms with Crippen LogP contribution in [0.25, 0.3) is 0 Å². The van der Waals surface area contributed by atoms with E-state index in [1.54, 1.807) is 0 Å². The summed E-state index contributed by atoms with van der Waals surface area (Å²) in [5.74, 6) is 0. The van der Waals surface area contributed by atoms with Gasteiger partial charge in [-0.2, -0.15) is 0 Å². The van der Waals surface area contributed by atoms with Crippen molar-refractivity contribution in [3.05, 3.63) is 12.2 Å². The number of halogens is 1. The first kappa shape index (κ1) is 9.68. The van der Waals surface area contributed by atoms with Crippen LogP contribution in [0.15, 0.2) is 12.2 Å². The zero-order chi connectivity index (χ0) is 9.19. The molecule has 0 bridgehead atoms. The van der Waals surface area contributed by atoms with Gasteiger partial charge in [-0.1, -0.05) is 6.58 Å². The lowest BCUT2D eigenvalue weighted by Gasteiger charge is -2.26. The molecule has 0 N–H and O–H groups in total. The summed E-state index contributed by atoms with van der Waals surface area (Å²) in [7, 11) is 3.01. The fourth-order valence-electron chi connectivity index (χ4n) is 1.68. The minimum atomic E-state index is -1.47. The fraction of sp³-hybridized carbons (Fsp3) is 0.778. The Hall–Kier alpha value is -0.410. The Morgan fingerprint density at radius 3 is 2.83 bits per heavy atom. The molecule has 0 aromatic carbocycles. The van der Waals surface area contributed by atoms with E-state index < -0.39 is 5.67 Å². The number of hydrogen-bond acceptors (Lipinski definition) is 2. The Balaban J connectivity index is 2.73. The molecule has 0 aromatic rings. The zero-order valence-corrected chi connectivity index (χ0v) is 7.60. The molecule has 70 valence electrons. The van der Waals surface area contributed by atoms with E-state index in [-0.39, 0.29) is 12.7 Å². The molecule has 0 spiro atoms. The lowest BCUT2D eigenvalue weighted by Crippen LogP contribution is -2.39. The van der Waals surface area contributed by atoms with Crippen LogP contribution in [0.4, 0.5) is 4.39 Å². The second-order valence-electron chi connectivity index (χ2n) is 3.16. The monoisotopic (exact) mass is 174 g/mol. The lowest BCUT2D eigenvalue weighted by atomic mass is 10.00. The number of ether oxygens (including phenoxy) is 2. The first-order chi connectivity index (χ1) is 5.65. The minimum absolute atomic E-state index is 0.0460. The summed E-state index contributed by atoms with van der Waals surface area (Å²) in [5, 5.41) is 0. The highest BCUT2D eigenvalue weighted by atomic mass is 19.1. The topological polar surface area (TPSA) is 18.5 Å². The van der Waals surface area contributed by atoms with E-state index in [9.17, 15) is 4.39 Å². The molecule has 0 saturated heterocycles. The molecule has 0 amide bonds. The van der Waals surface area contributed by atoms with Gasteiger partial charge in [0, 0.05) is 14.2 Å². The number of rotatable bonds is 3. The van der Waals surface area contributed by atoms with E-state index in [0.29, 0.717) is 18.4 Å². The van der Waals surface area contributed by atoms with Crippen molar-refractivity contribution >= 4 is 0 Å². The van der Waals surface area contributed by atoms with Crippen molar-refractivity contribution in [2.75, 3.05) is 20.8 Å². The number of alkyl halides is 1. The molecular weight excluding hydrogens is 159 g/mol. The van der Waals surface area contributed by atoms with Crippen LogP contribution in [-0.4, -0.2) is 32.6 Å². The van der Waals surface area contributed by atoms with E-state index in [0.717, 1.165) is 0 Å². The molecule has 0 heterocycles. The molecule has 0 radical (unpaired) electrons. The first-order valence-corrected chi connectivity index (χ1v) is 4.04. The molecule has 0 aromatic heterocycles. The maximum absolute atomic E-state index is 14.0. The van der Waals surface area contributed by atoms with Crippen LogP contribution in [-0.2, 0) is 9.47 Å². The van der Waals surface area contributed by atoms with E-state index in [2.05, 4.69) is 6.58 Å². The maximum Gasteiger partial charge on any atom is 0.180 e. The minimum Gasteiger partial charge on any atom is -0.381 e. The Morgan fingerprint density at radius 1 is 1.67 bits per heavy atom. The predicted octanol–water partition coefficient (Wildman–Crippen LogP) is 1.71. The largest absolute Gasteiger partial charge is 0.381 e. The van der Waals surface area contributed by atoms with Crippen molar-refractivity contribution < 1.29 is 13.9 Å². The Bertz CT molecular complexity index is 181. The van der Waals surface area contributed by atoms with Crippen molar-refractivity contribution in [3.8, 4) is 0 Å². The number of methoxy groups -OCH3 is 2. The van der Waals surface area contributed by atoms with Crippen molar-refractivity contribution in [2.45, 2.75) is 24.6 Å². The average molecular weight is 174 g/mol. The van der Waals surface area contributed by atoms with Gasteiger partial charge >= 0.3 is 0 Å². The Morgan fingerprint density at radius 2 is 2.33 bits per heavy atom. The molecule has 1 saturated carbocycles. The molecule has 12 heavy (non-hydrogen) atoms. The van der Waals surface area contributed by atoms with Crippen LogP contribution in [0, 0.1) is 0 Å². The van der Waals surface area contributed by atoms with Crippen molar-refractivity contribution in [1.82, 2.24) is 0 Å². The van der Waals surface area contributed by atoms with Crippen LogP contribution >= 0.6 is 0 Å². The van der Waals surface area contributed by atoms with Gasteiger partial charge in [0.1, 0.15) is 0 Å². The highest BCUT2D eigenvalue weighted by molar-refractivity contribution is 5.22. The highest BCUT2D eigenvalue weighted by Crippen LogP contribution is 2.39. The third-order valence-corrected chi connectivity index (χ3v) is 2.45. The van der Waals surface area contributed by atoms with Gasteiger partial charge in [0.05, 0.1) is 12.7 Å². The highest BCUT2D eigenvalue weighted by Gasteiger charge is 2.46. The Kier molecular flexibility index (Phi) is 2.85. The van der Waals surface area contributed by atoms with E-state index in [4.69, 9.17) is 9.47 Å². The molecule has 0 aliphatic heterocycles. The van der Waals surface area contributed by atoms with Gasteiger partial charge < -0.3 is 9.47 Å². The number of hydrogen-bond donors (Lipinski definition) is 0. The van der Waals surface area contributed by atoms with Gasteiger partial charge in [0.15, 0.2) is 5.67 Å². The summed E-state index contributed by atoms with van der Waals surface area (Å²) in [6.45, 7) is 3.74. The summed E-state index contributed by atoms with van der Waals surface area (Å²) >= 11 is 0. The molecule has 0 unspecified atom stereocenters. The average Bonchev–Trinajstić information content (AvgIpc) is 2.30. The summed E-state index contributed by atoms with van der Waals surface area (Å²) < 4.78 is 23.9. The van der Waals surface area contributed by atoms with Crippen LogP contribution in [0.5, 0.6) is 0 Å². The normalized spacial score (nSPS) is 35.9. The molecule has 1 rings (SSSR count). The predicted molar refractivity (Wildman–Crippen MR) is 44.9 cm³/mol. The summed E-state index contributed by atoms with van der Waals surface area (Å²) in [5.41, 5.74) is -0.875. The van der Waals surface area contributed by atoms with Gasteiger partial charge in [0.2, 0.25) is 0 Å². The first-order valence-electron chi connectivity index (χ1n) is 4.04. The third-order valence-electron chi connectivity index (χ3n) is 2.45. The molecule has 2 nitrogen and oxygen atoms in total. The van der Waals surface area contributed by atoms with Gasteiger partial charge in [-0.3, -0.25) is 0 Å². The maximum atomic E-state index is 14.0. The van der Waals surface area contributed by atoms with Crippen LogP contribution in [0.3, 0.4) is 0 Å². The van der Waals surface area contributed by atoms with E-state index in [1.807, 2.05) is 0 Å². The fourth-order valence-corrected chi connectivity index (χ4v) is 1.68. The third kappa shape index (κ3) is 1.39. The second-order valence-corrected chi connectivity index (χ2v) is 3.16. The van der Waals surface area contributed by atoms with Gasteiger partial charge in [-0.05, 0) is 18.4 Å². The van der Waals surface area contributed by atoms with Crippen molar-refractivity contribution in [3.63, 3.8) is 0 Å². The molecule has 2 atom stereocenters. The van der Waals surface area contributed by atoms with Crippen molar-refractivity contribution in [2.24, 2.45) is 0 Å². The molecular formula is C9H15FO2. The lowest BCUT2D eigenvalue weighted by molar-refractivity contribution is -0.0389. The van der Waals surface area contributed by atoms with Crippen LogP contribution in [0.2, 0.25) is 0 Å². The van der Waals surface area contributed by atoms with Gasteiger partial charge in [0.25, 0.3) is 0 Å². The van der Waals surface area contributed by atoms with E-state index in [1.165, 1.54) is 14.2 Å². The molecule has 3 heteroatoms. The molecule has 1 aliphatic carbocycles. The van der Waals surface area contributed by atoms with Crippen molar-refractivity contribution in [1.29, 1.82) is 0 Å². The van der Waals surface area contributed by atoms with E-state index >= 15 is 0 Å². The smallest absolute Gasteiger partial charge is 0.180 e. The summed E-state index contributed by atoms with van der Waals surface area (Å²) in [6.07, 6.45) is 1.01. The zero-order valence-electron chi connectivity index (χ0n) is 7.60. The van der Waals surface area contributed by atoms with Gasteiger partial charge in [-0.15, -0.1) is 0 Å². The van der Waals surface area contributed by atoms with Crippen LogP contribution in [0.1, 0.15) is 12.8 Å². The van der Waals surface area contributed by atoms with Gasteiger partial charge in [-0.25, -0.2) is 4.39 Å². The second kappa shape index (κ2) is 3.54.